The fourth-order valence-electron chi connectivity index (χ4n) is 2.09. The third kappa shape index (κ3) is 3.06. The van der Waals surface area contributed by atoms with Crippen LogP contribution < -0.4 is 5.32 Å². The predicted octanol–water partition coefficient (Wildman–Crippen LogP) is 2.65. The molecule has 1 N–H and O–H groups in total. The second-order valence-electron chi connectivity index (χ2n) is 5.00. The van der Waals surface area contributed by atoms with Crippen LogP contribution in [-0.4, -0.2) is 18.7 Å². The first kappa shape index (κ1) is 11.6. The van der Waals surface area contributed by atoms with Crippen molar-refractivity contribution in [1.82, 2.24) is 5.32 Å². The zero-order valence-corrected chi connectivity index (χ0v) is 10.3. The van der Waals surface area contributed by atoms with Gasteiger partial charge in [0.25, 0.3) is 0 Å². The summed E-state index contributed by atoms with van der Waals surface area (Å²) < 4.78 is 6.03. The summed E-state index contributed by atoms with van der Waals surface area (Å²) in [7, 11) is 0. The number of hydrogen-bond donors (Lipinski definition) is 1. The molecule has 0 aromatic heterocycles. The largest absolute Gasteiger partial charge is 0.369 e. The van der Waals surface area contributed by atoms with Gasteiger partial charge in [-0.25, -0.2) is 0 Å². The van der Waals surface area contributed by atoms with E-state index in [9.17, 15) is 0 Å². The van der Waals surface area contributed by atoms with Gasteiger partial charge in [-0.3, -0.25) is 0 Å². The van der Waals surface area contributed by atoms with Gasteiger partial charge in [0, 0.05) is 6.54 Å². The average molecular weight is 219 g/mol. The van der Waals surface area contributed by atoms with Gasteiger partial charge < -0.3 is 10.1 Å². The van der Waals surface area contributed by atoms with Crippen molar-refractivity contribution in [1.29, 1.82) is 0 Å². The Hall–Kier alpha value is -0.860. The number of ether oxygens (including phenoxy) is 1. The molecule has 0 saturated carbocycles. The monoisotopic (exact) mass is 219 g/mol. The SMILES string of the molecule is Cc1ccc(COC2(C)CCCNC2)cc1. The maximum Gasteiger partial charge on any atom is 0.0783 e. The molecule has 0 aliphatic carbocycles. The van der Waals surface area contributed by atoms with Crippen LogP contribution in [0.2, 0.25) is 0 Å². The quantitative estimate of drug-likeness (QED) is 0.844. The van der Waals surface area contributed by atoms with Crippen LogP contribution in [0.4, 0.5) is 0 Å². The highest BCUT2D eigenvalue weighted by Crippen LogP contribution is 2.21. The minimum atomic E-state index is 0.0170. The molecule has 1 aromatic carbocycles. The Kier molecular flexibility index (Phi) is 3.62. The van der Waals surface area contributed by atoms with E-state index >= 15 is 0 Å². The standard InChI is InChI=1S/C14H21NO/c1-12-4-6-13(7-5-12)10-16-14(2)8-3-9-15-11-14/h4-7,15H,3,8-11H2,1-2H3. The highest BCUT2D eigenvalue weighted by molar-refractivity contribution is 5.20. The van der Waals surface area contributed by atoms with Crippen LogP contribution in [0, 0.1) is 6.92 Å². The van der Waals surface area contributed by atoms with Crippen molar-refractivity contribution in [2.45, 2.75) is 38.9 Å². The molecule has 1 fully saturated rings. The summed E-state index contributed by atoms with van der Waals surface area (Å²) in [5.41, 5.74) is 2.58. The fraction of sp³-hybridized carbons (Fsp3) is 0.571. The van der Waals surface area contributed by atoms with Crippen molar-refractivity contribution in [3.8, 4) is 0 Å². The van der Waals surface area contributed by atoms with Gasteiger partial charge in [-0.1, -0.05) is 29.8 Å². The highest BCUT2D eigenvalue weighted by Gasteiger charge is 2.27. The van der Waals surface area contributed by atoms with Crippen molar-refractivity contribution in [2.75, 3.05) is 13.1 Å². The van der Waals surface area contributed by atoms with Crippen LogP contribution in [0.15, 0.2) is 24.3 Å². The Morgan fingerprint density at radius 2 is 2.06 bits per heavy atom. The molecule has 16 heavy (non-hydrogen) atoms. The molecule has 0 spiro atoms. The van der Waals surface area contributed by atoms with E-state index in [2.05, 4.69) is 43.4 Å². The molecule has 1 unspecified atom stereocenters. The second-order valence-corrected chi connectivity index (χ2v) is 5.00. The minimum Gasteiger partial charge on any atom is -0.369 e. The Labute approximate surface area is 98.0 Å². The molecule has 0 radical (unpaired) electrons. The molecule has 1 aliphatic rings. The van der Waals surface area contributed by atoms with Gasteiger partial charge in [-0.15, -0.1) is 0 Å². The van der Waals surface area contributed by atoms with Crippen LogP contribution in [-0.2, 0) is 11.3 Å². The molecule has 1 atom stereocenters. The van der Waals surface area contributed by atoms with Gasteiger partial charge in [0.05, 0.1) is 12.2 Å². The number of aryl methyl sites for hydroxylation is 1. The van der Waals surface area contributed by atoms with Gasteiger partial charge in [0.2, 0.25) is 0 Å². The lowest BCUT2D eigenvalue weighted by atomic mass is 9.96. The maximum absolute atomic E-state index is 6.03. The first-order valence-corrected chi connectivity index (χ1v) is 6.08. The molecule has 1 saturated heterocycles. The Bertz CT molecular complexity index is 325. The first-order chi connectivity index (χ1) is 7.68. The maximum atomic E-state index is 6.03. The summed E-state index contributed by atoms with van der Waals surface area (Å²) >= 11 is 0. The van der Waals surface area contributed by atoms with Gasteiger partial charge in [0.1, 0.15) is 0 Å². The zero-order chi connectivity index (χ0) is 11.4. The van der Waals surface area contributed by atoms with E-state index in [0.29, 0.717) is 0 Å². The molecule has 2 heteroatoms. The van der Waals surface area contributed by atoms with Crippen LogP contribution in [0.5, 0.6) is 0 Å². The molecule has 88 valence electrons. The first-order valence-electron chi connectivity index (χ1n) is 6.08. The van der Waals surface area contributed by atoms with Gasteiger partial charge in [0.15, 0.2) is 0 Å². The van der Waals surface area contributed by atoms with Gasteiger partial charge in [-0.2, -0.15) is 0 Å². The summed E-state index contributed by atoms with van der Waals surface area (Å²) in [5.74, 6) is 0. The fourth-order valence-corrected chi connectivity index (χ4v) is 2.09. The van der Waals surface area contributed by atoms with Crippen molar-refractivity contribution in [3.63, 3.8) is 0 Å². The lowest BCUT2D eigenvalue weighted by molar-refractivity contribution is -0.0571. The molecular weight excluding hydrogens is 198 g/mol. The summed E-state index contributed by atoms with van der Waals surface area (Å²) in [6.45, 7) is 7.13. The third-order valence-corrected chi connectivity index (χ3v) is 3.27. The van der Waals surface area contributed by atoms with E-state index in [1.807, 2.05) is 0 Å². The number of rotatable bonds is 3. The number of piperidine rings is 1. The molecule has 1 aliphatic heterocycles. The Balaban J connectivity index is 1.88. The van der Waals surface area contributed by atoms with E-state index in [4.69, 9.17) is 4.74 Å². The minimum absolute atomic E-state index is 0.0170. The van der Waals surface area contributed by atoms with Crippen LogP contribution >= 0.6 is 0 Å². The highest BCUT2D eigenvalue weighted by atomic mass is 16.5. The molecule has 0 bridgehead atoms. The van der Waals surface area contributed by atoms with E-state index in [1.54, 1.807) is 0 Å². The summed E-state index contributed by atoms with van der Waals surface area (Å²) in [6, 6.07) is 8.57. The summed E-state index contributed by atoms with van der Waals surface area (Å²) in [4.78, 5) is 0. The van der Waals surface area contributed by atoms with Crippen molar-refractivity contribution in [3.05, 3.63) is 35.4 Å². The Morgan fingerprint density at radius 1 is 1.31 bits per heavy atom. The van der Waals surface area contributed by atoms with Crippen LogP contribution in [0.1, 0.15) is 30.9 Å². The molecule has 2 rings (SSSR count). The Morgan fingerprint density at radius 3 is 2.69 bits per heavy atom. The summed E-state index contributed by atoms with van der Waals surface area (Å²) in [6.07, 6.45) is 2.37. The number of nitrogens with one attached hydrogen (secondary N) is 1. The van der Waals surface area contributed by atoms with E-state index in [1.165, 1.54) is 17.5 Å². The van der Waals surface area contributed by atoms with Crippen molar-refractivity contribution < 1.29 is 4.74 Å². The number of benzene rings is 1. The van der Waals surface area contributed by atoms with Gasteiger partial charge >= 0.3 is 0 Å². The van der Waals surface area contributed by atoms with E-state index < -0.39 is 0 Å². The molecule has 2 nitrogen and oxygen atoms in total. The smallest absolute Gasteiger partial charge is 0.0783 e. The number of hydrogen-bond acceptors (Lipinski definition) is 2. The molecule has 1 aromatic rings. The van der Waals surface area contributed by atoms with Crippen molar-refractivity contribution >= 4 is 0 Å². The molecule has 0 amide bonds. The second kappa shape index (κ2) is 4.98. The van der Waals surface area contributed by atoms with E-state index in [0.717, 1.165) is 26.1 Å². The predicted molar refractivity (Wildman–Crippen MR) is 66.5 cm³/mol. The van der Waals surface area contributed by atoms with Crippen LogP contribution in [0.3, 0.4) is 0 Å². The van der Waals surface area contributed by atoms with Crippen LogP contribution in [0.25, 0.3) is 0 Å². The van der Waals surface area contributed by atoms with Gasteiger partial charge in [-0.05, 0) is 38.8 Å². The lowest BCUT2D eigenvalue weighted by Gasteiger charge is -2.34. The van der Waals surface area contributed by atoms with E-state index in [-0.39, 0.29) is 5.60 Å². The topological polar surface area (TPSA) is 21.3 Å². The molecule has 1 heterocycles. The lowest BCUT2D eigenvalue weighted by Crippen LogP contribution is -2.45. The third-order valence-electron chi connectivity index (χ3n) is 3.27. The average Bonchev–Trinajstić information content (AvgIpc) is 2.29. The van der Waals surface area contributed by atoms with Crippen molar-refractivity contribution in [2.24, 2.45) is 0 Å². The molecular formula is C14H21NO. The normalized spacial score (nSPS) is 25.6. The summed E-state index contributed by atoms with van der Waals surface area (Å²) in [5, 5.41) is 3.40. The zero-order valence-electron chi connectivity index (χ0n) is 10.3.